The van der Waals surface area contributed by atoms with Gasteiger partial charge in [-0.15, -0.1) is 0 Å². The van der Waals surface area contributed by atoms with E-state index in [0.717, 1.165) is 24.9 Å². The molecule has 126 valence electrons. The summed E-state index contributed by atoms with van der Waals surface area (Å²) in [6.07, 6.45) is 13.9. The molecular weight excluding hydrogens is 296 g/mol. The zero-order chi connectivity index (χ0) is 16.9. The zero-order valence-corrected chi connectivity index (χ0v) is 14.2. The van der Waals surface area contributed by atoms with Gasteiger partial charge in [-0.2, -0.15) is 0 Å². The molecule has 24 heavy (non-hydrogen) atoms. The standard InChI is InChI=1S/C21H26N2O/c24-21(15-14-20-13-9-16-22-18-20)23-17-8-3-1-2-5-10-19-11-6-4-7-12-19/h4,6-7,9,11-16,18H,1-3,5,8,10,17H2,(H,23,24)/b15-14+. The van der Waals surface area contributed by atoms with Gasteiger partial charge in [-0.25, -0.2) is 0 Å². The smallest absolute Gasteiger partial charge is 0.243 e. The van der Waals surface area contributed by atoms with Gasteiger partial charge in [0.25, 0.3) is 0 Å². The van der Waals surface area contributed by atoms with Gasteiger partial charge in [-0.05, 0) is 42.5 Å². The number of hydrogen-bond acceptors (Lipinski definition) is 2. The Morgan fingerprint density at radius 3 is 2.54 bits per heavy atom. The van der Waals surface area contributed by atoms with Gasteiger partial charge < -0.3 is 5.32 Å². The first-order valence-electron chi connectivity index (χ1n) is 8.74. The number of hydrogen-bond donors (Lipinski definition) is 1. The van der Waals surface area contributed by atoms with Crippen LogP contribution in [0.1, 0.15) is 43.2 Å². The van der Waals surface area contributed by atoms with Gasteiger partial charge in [0, 0.05) is 25.0 Å². The molecule has 0 unspecified atom stereocenters. The third kappa shape index (κ3) is 7.73. The second-order valence-electron chi connectivity index (χ2n) is 5.91. The Morgan fingerprint density at radius 2 is 1.75 bits per heavy atom. The lowest BCUT2D eigenvalue weighted by Crippen LogP contribution is -2.21. The number of carbonyl (C=O) groups is 1. The van der Waals surface area contributed by atoms with Crippen molar-refractivity contribution in [2.24, 2.45) is 0 Å². The van der Waals surface area contributed by atoms with Gasteiger partial charge in [-0.3, -0.25) is 9.78 Å². The van der Waals surface area contributed by atoms with Crippen LogP contribution in [0.5, 0.6) is 0 Å². The van der Waals surface area contributed by atoms with E-state index in [1.165, 1.54) is 31.2 Å². The van der Waals surface area contributed by atoms with Crippen molar-refractivity contribution in [2.45, 2.75) is 38.5 Å². The molecule has 0 atom stereocenters. The first-order chi connectivity index (χ1) is 11.8. The van der Waals surface area contributed by atoms with Gasteiger partial charge in [0.1, 0.15) is 0 Å². The summed E-state index contributed by atoms with van der Waals surface area (Å²) in [5, 5.41) is 2.92. The summed E-state index contributed by atoms with van der Waals surface area (Å²) in [5.74, 6) is -0.0390. The number of aryl methyl sites for hydroxylation is 1. The molecule has 1 N–H and O–H groups in total. The number of nitrogens with one attached hydrogen (secondary N) is 1. The van der Waals surface area contributed by atoms with Gasteiger partial charge >= 0.3 is 0 Å². The average Bonchev–Trinajstić information content (AvgIpc) is 2.64. The fraction of sp³-hybridized carbons (Fsp3) is 0.333. The van der Waals surface area contributed by atoms with Crippen LogP contribution in [0.15, 0.2) is 60.9 Å². The van der Waals surface area contributed by atoms with Crippen LogP contribution >= 0.6 is 0 Å². The Morgan fingerprint density at radius 1 is 0.958 bits per heavy atom. The molecule has 0 fully saturated rings. The monoisotopic (exact) mass is 322 g/mol. The Labute approximate surface area is 144 Å². The Bertz CT molecular complexity index is 608. The van der Waals surface area contributed by atoms with E-state index >= 15 is 0 Å². The minimum Gasteiger partial charge on any atom is -0.353 e. The van der Waals surface area contributed by atoms with Crippen LogP contribution in [-0.4, -0.2) is 17.4 Å². The normalized spacial score (nSPS) is 10.8. The quantitative estimate of drug-likeness (QED) is 0.520. The molecule has 0 bridgehead atoms. The summed E-state index contributed by atoms with van der Waals surface area (Å²) in [6, 6.07) is 14.4. The molecule has 3 nitrogen and oxygen atoms in total. The summed E-state index contributed by atoms with van der Waals surface area (Å²) in [6.45, 7) is 0.745. The zero-order valence-electron chi connectivity index (χ0n) is 14.2. The number of carbonyl (C=O) groups excluding carboxylic acids is 1. The number of nitrogens with zero attached hydrogens (tertiary/aromatic N) is 1. The van der Waals surface area contributed by atoms with Crippen molar-refractivity contribution in [2.75, 3.05) is 6.54 Å². The predicted octanol–water partition coefficient (Wildman–Crippen LogP) is 4.40. The van der Waals surface area contributed by atoms with Crippen LogP contribution in [-0.2, 0) is 11.2 Å². The van der Waals surface area contributed by atoms with E-state index in [2.05, 4.69) is 40.6 Å². The molecule has 0 spiro atoms. The molecule has 0 aliphatic heterocycles. The molecule has 0 saturated heterocycles. The van der Waals surface area contributed by atoms with Crippen molar-refractivity contribution < 1.29 is 4.79 Å². The van der Waals surface area contributed by atoms with Crippen LogP contribution < -0.4 is 5.32 Å². The van der Waals surface area contributed by atoms with E-state index in [1.807, 2.05) is 12.1 Å². The fourth-order valence-electron chi connectivity index (χ4n) is 2.55. The van der Waals surface area contributed by atoms with Crippen molar-refractivity contribution in [1.29, 1.82) is 0 Å². The van der Waals surface area contributed by atoms with E-state index in [-0.39, 0.29) is 5.91 Å². The summed E-state index contributed by atoms with van der Waals surface area (Å²) in [5.41, 5.74) is 2.36. The minimum absolute atomic E-state index is 0.0390. The van der Waals surface area contributed by atoms with Crippen LogP contribution in [0.3, 0.4) is 0 Å². The lowest BCUT2D eigenvalue weighted by Gasteiger charge is -2.03. The van der Waals surface area contributed by atoms with E-state index in [0.29, 0.717) is 0 Å². The van der Waals surface area contributed by atoms with Crippen LogP contribution in [0.2, 0.25) is 0 Å². The lowest BCUT2D eigenvalue weighted by molar-refractivity contribution is -0.116. The van der Waals surface area contributed by atoms with Gasteiger partial charge in [0.2, 0.25) is 5.91 Å². The van der Waals surface area contributed by atoms with E-state index in [1.54, 1.807) is 24.5 Å². The molecule has 2 rings (SSSR count). The fourth-order valence-corrected chi connectivity index (χ4v) is 2.55. The Kier molecular flexibility index (Phi) is 8.34. The molecule has 1 aromatic carbocycles. The maximum absolute atomic E-state index is 11.7. The van der Waals surface area contributed by atoms with E-state index in [4.69, 9.17) is 0 Å². The third-order valence-corrected chi connectivity index (χ3v) is 3.90. The number of unbranched alkanes of at least 4 members (excludes halogenated alkanes) is 4. The second-order valence-corrected chi connectivity index (χ2v) is 5.91. The minimum atomic E-state index is -0.0390. The largest absolute Gasteiger partial charge is 0.353 e. The summed E-state index contributed by atoms with van der Waals surface area (Å²) in [4.78, 5) is 15.7. The first kappa shape index (κ1) is 17.9. The maximum Gasteiger partial charge on any atom is 0.243 e. The number of benzene rings is 1. The Hall–Kier alpha value is -2.42. The molecular formula is C21H26N2O. The maximum atomic E-state index is 11.7. The van der Waals surface area contributed by atoms with Crippen molar-refractivity contribution in [3.8, 4) is 0 Å². The highest BCUT2D eigenvalue weighted by Crippen LogP contribution is 2.08. The third-order valence-electron chi connectivity index (χ3n) is 3.90. The molecule has 1 heterocycles. The van der Waals surface area contributed by atoms with Gasteiger partial charge in [0.05, 0.1) is 0 Å². The molecule has 0 radical (unpaired) electrons. The molecule has 1 aromatic heterocycles. The Balaban J connectivity index is 1.46. The molecule has 1 amide bonds. The second kappa shape index (κ2) is 11.2. The topological polar surface area (TPSA) is 42.0 Å². The first-order valence-corrected chi connectivity index (χ1v) is 8.74. The van der Waals surface area contributed by atoms with E-state index < -0.39 is 0 Å². The van der Waals surface area contributed by atoms with E-state index in [9.17, 15) is 4.79 Å². The summed E-state index contributed by atoms with van der Waals surface area (Å²) < 4.78 is 0. The highest BCUT2D eigenvalue weighted by Gasteiger charge is 1.96. The van der Waals surface area contributed by atoms with Crippen molar-refractivity contribution >= 4 is 12.0 Å². The molecule has 3 heteroatoms. The molecule has 2 aromatic rings. The number of pyridine rings is 1. The number of amides is 1. The SMILES string of the molecule is O=C(/C=C/c1cccnc1)NCCCCCCCc1ccccc1. The van der Waals surface area contributed by atoms with Crippen LogP contribution in [0.25, 0.3) is 6.08 Å². The van der Waals surface area contributed by atoms with Crippen molar-refractivity contribution in [3.05, 3.63) is 72.1 Å². The highest BCUT2D eigenvalue weighted by atomic mass is 16.1. The van der Waals surface area contributed by atoms with Gasteiger partial charge in [0.15, 0.2) is 0 Å². The predicted molar refractivity (Wildman–Crippen MR) is 99.5 cm³/mol. The summed E-state index contributed by atoms with van der Waals surface area (Å²) >= 11 is 0. The van der Waals surface area contributed by atoms with Crippen molar-refractivity contribution in [3.63, 3.8) is 0 Å². The number of rotatable bonds is 10. The molecule has 0 saturated carbocycles. The lowest BCUT2D eigenvalue weighted by atomic mass is 10.1. The van der Waals surface area contributed by atoms with Crippen LogP contribution in [0, 0.1) is 0 Å². The van der Waals surface area contributed by atoms with Crippen LogP contribution in [0.4, 0.5) is 0 Å². The average molecular weight is 322 g/mol. The number of aromatic nitrogens is 1. The van der Waals surface area contributed by atoms with Crippen molar-refractivity contribution in [1.82, 2.24) is 10.3 Å². The summed E-state index contributed by atoms with van der Waals surface area (Å²) in [7, 11) is 0. The highest BCUT2D eigenvalue weighted by molar-refractivity contribution is 5.91. The molecule has 0 aliphatic rings. The molecule has 0 aliphatic carbocycles. The van der Waals surface area contributed by atoms with Gasteiger partial charge in [-0.1, -0.05) is 55.7 Å².